The van der Waals surface area contributed by atoms with Gasteiger partial charge in [-0.15, -0.1) is 0 Å². The number of H-pyrrole nitrogens is 1. The second kappa shape index (κ2) is 10.3. The number of carbonyl (C=O) groups is 1. The van der Waals surface area contributed by atoms with E-state index in [1.54, 1.807) is 19.1 Å². The second-order valence-corrected chi connectivity index (χ2v) is 7.84. The van der Waals surface area contributed by atoms with Crippen molar-refractivity contribution in [3.05, 3.63) is 68.0 Å². The Kier molecular flexibility index (Phi) is 7.00. The molecular formula is C23H23FN4O6. The van der Waals surface area contributed by atoms with E-state index < -0.39 is 23.1 Å². The zero-order valence-corrected chi connectivity index (χ0v) is 18.4. The molecule has 3 aromatic rings. The maximum absolute atomic E-state index is 13.5. The van der Waals surface area contributed by atoms with Crippen LogP contribution in [0.3, 0.4) is 0 Å². The molecule has 34 heavy (non-hydrogen) atoms. The number of rotatable bonds is 6. The molecular weight excluding hydrogens is 447 g/mol. The topological polar surface area (TPSA) is 136 Å². The van der Waals surface area contributed by atoms with Crippen LogP contribution >= 0.6 is 0 Å². The Morgan fingerprint density at radius 2 is 2.09 bits per heavy atom. The minimum Gasteiger partial charge on any atom is -0.450 e. The number of ether oxygens (including phenoxy) is 1. The van der Waals surface area contributed by atoms with Crippen molar-refractivity contribution in [1.29, 1.82) is 0 Å². The molecule has 0 spiro atoms. The van der Waals surface area contributed by atoms with Crippen LogP contribution < -0.4 is 21.3 Å². The summed E-state index contributed by atoms with van der Waals surface area (Å²) >= 11 is 0. The van der Waals surface area contributed by atoms with Crippen molar-refractivity contribution < 1.29 is 23.2 Å². The van der Waals surface area contributed by atoms with Gasteiger partial charge in [0.25, 0.3) is 5.56 Å². The normalized spacial score (nSPS) is 15.7. The van der Waals surface area contributed by atoms with Gasteiger partial charge >= 0.3 is 17.7 Å². The largest absolute Gasteiger partial charge is 0.450 e. The number of hydrogen-bond donors (Lipinski definition) is 2. The van der Waals surface area contributed by atoms with E-state index in [1.807, 2.05) is 0 Å². The van der Waals surface area contributed by atoms with Gasteiger partial charge in [-0.1, -0.05) is 17.3 Å². The fourth-order valence-corrected chi connectivity index (χ4v) is 3.81. The highest BCUT2D eigenvalue weighted by Crippen LogP contribution is 2.19. The van der Waals surface area contributed by atoms with E-state index in [4.69, 9.17) is 14.0 Å². The molecule has 0 radical (unpaired) electrons. The van der Waals surface area contributed by atoms with Crippen molar-refractivity contribution in [2.75, 3.05) is 6.61 Å². The standard InChI is InChI=1S/C23H23FN4O6/c1-2-32-23(31)25-16-6-8-17(9-7-16)28-34-22-26-20(30)19-14(12-18(29)33-21(19)27-22)10-13-4-3-5-15(24)11-13/h3-5,11-12,16H,2,6-10H2,1H3,(H,25,31)(H,26,27,30). The molecule has 1 aromatic carbocycles. The van der Waals surface area contributed by atoms with Gasteiger partial charge in [-0.05, 0) is 62.3 Å². The third-order valence-electron chi connectivity index (χ3n) is 5.38. The number of aromatic amines is 1. The highest BCUT2D eigenvalue weighted by Gasteiger charge is 2.21. The van der Waals surface area contributed by atoms with Crippen LogP contribution in [0.25, 0.3) is 11.1 Å². The van der Waals surface area contributed by atoms with Crippen LogP contribution in [0.15, 0.2) is 49.5 Å². The Hall–Kier alpha value is -4.02. The van der Waals surface area contributed by atoms with Gasteiger partial charge in [0.15, 0.2) is 0 Å². The smallest absolute Gasteiger partial charge is 0.407 e. The molecule has 2 heterocycles. The van der Waals surface area contributed by atoms with Crippen molar-refractivity contribution in [1.82, 2.24) is 15.3 Å². The number of carbonyl (C=O) groups excluding carboxylic acids is 1. The lowest BCUT2D eigenvalue weighted by Gasteiger charge is -2.23. The number of amides is 1. The number of nitrogens with one attached hydrogen (secondary N) is 2. The van der Waals surface area contributed by atoms with E-state index in [-0.39, 0.29) is 29.6 Å². The fourth-order valence-electron chi connectivity index (χ4n) is 3.81. The first-order valence-electron chi connectivity index (χ1n) is 10.9. The Balaban J connectivity index is 1.49. The Morgan fingerprint density at radius 1 is 1.29 bits per heavy atom. The summed E-state index contributed by atoms with van der Waals surface area (Å²) in [5.74, 6) is -0.419. The number of benzene rings is 1. The molecule has 0 unspecified atom stereocenters. The molecule has 11 heteroatoms. The molecule has 1 aliphatic rings. The predicted molar refractivity (Wildman–Crippen MR) is 121 cm³/mol. The van der Waals surface area contributed by atoms with Gasteiger partial charge in [-0.2, -0.15) is 4.98 Å². The van der Waals surface area contributed by atoms with Crippen LogP contribution in [0.5, 0.6) is 6.01 Å². The molecule has 1 aliphatic carbocycles. The predicted octanol–water partition coefficient (Wildman–Crippen LogP) is 3.03. The molecule has 0 aliphatic heterocycles. The Labute approximate surface area is 192 Å². The lowest BCUT2D eigenvalue weighted by atomic mass is 9.94. The van der Waals surface area contributed by atoms with Gasteiger partial charge < -0.3 is 19.3 Å². The molecule has 178 valence electrons. The Morgan fingerprint density at radius 3 is 2.82 bits per heavy atom. The maximum Gasteiger partial charge on any atom is 0.407 e. The van der Waals surface area contributed by atoms with Gasteiger partial charge in [0, 0.05) is 12.1 Å². The van der Waals surface area contributed by atoms with Gasteiger partial charge in [-0.25, -0.2) is 14.0 Å². The van der Waals surface area contributed by atoms with E-state index in [2.05, 4.69) is 20.4 Å². The van der Waals surface area contributed by atoms with Crippen LogP contribution in [0.2, 0.25) is 0 Å². The molecule has 0 saturated heterocycles. The molecule has 1 amide bonds. The summed E-state index contributed by atoms with van der Waals surface area (Å²) in [6, 6.07) is 6.83. The zero-order valence-electron chi connectivity index (χ0n) is 18.4. The number of hydrogen-bond acceptors (Lipinski definition) is 8. The molecule has 2 N–H and O–H groups in total. The van der Waals surface area contributed by atoms with Crippen LogP contribution in [-0.2, 0) is 11.2 Å². The summed E-state index contributed by atoms with van der Waals surface area (Å²) in [6.07, 6.45) is 2.21. The van der Waals surface area contributed by atoms with Crippen molar-refractivity contribution in [2.24, 2.45) is 5.16 Å². The fraction of sp³-hybridized carbons (Fsp3) is 0.348. The highest BCUT2D eigenvalue weighted by molar-refractivity contribution is 5.85. The number of halogens is 1. The molecule has 1 saturated carbocycles. The van der Waals surface area contributed by atoms with Crippen LogP contribution in [0.4, 0.5) is 9.18 Å². The summed E-state index contributed by atoms with van der Waals surface area (Å²) in [5, 5.41) is 6.92. The van der Waals surface area contributed by atoms with E-state index >= 15 is 0 Å². The van der Waals surface area contributed by atoms with Crippen LogP contribution in [0.1, 0.15) is 43.7 Å². The van der Waals surface area contributed by atoms with Crippen LogP contribution in [0, 0.1) is 5.82 Å². The number of oxime groups is 1. The molecule has 2 aromatic heterocycles. The summed E-state index contributed by atoms with van der Waals surface area (Å²) in [5.41, 5.74) is 0.229. The lowest BCUT2D eigenvalue weighted by Crippen LogP contribution is -2.38. The monoisotopic (exact) mass is 470 g/mol. The van der Waals surface area contributed by atoms with Crippen molar-refractivity contribution >= 4 is 22.9 Å². The lowest BCUT2D eigenvalue weighted by molar-refractivity contribution is 0.146. The van der Waals surface area contributed by atoms with Gasteiger partial charge in [0.05, 0.1) is 12.3 Å². The van der Waals surface area contributed by atoms with E-state index in [1.165, 1.54) is 18.2 Å². The van der Waals surface area contributed by atoms with E-state index in [0.29, 0.717) is 43.4 Å². The highest BCUT2D eigenvalue weighted by atomic mass is 19.1. The number of aromatic nitrogens is 2. The van der Waals surface area contributed by atoms with Crippen LogP contribution in [-0.4, -0.2) is 34.4 Å². The third kappa shape index (κ3) is 5.66. The van der Waals surface area contributed by atoms with E-state index in [0.717, 1.165) is 5.71 Å². The van der Waals surface area contributed by atoms with Crippen molar-refractivity contribution in [3.8, 4) is 6.01 Å². The first-order valence-corrected chi connectivity index (χ1v) is 10.9. The first kappa shape index (κ1) is 23.1. The SMILES string of the molecule is CCOC(=O)NC1CCC(=NOc2nc3oc(=O)cc(Cc4cccc(F)c4)c3c(=O)[nH]2)CC1. The second-order valence-electron chi connectivity index (χ2n) is 7.84. The van der Waals surface area contributed by atoms with Gasteiger partial charge in [-0.3, -0.25) is 9.78 Å². The van der Waals surface area contributed by atoms with Gasteiger partial charge in [0.1, 0.15) is 11.2 Å². The van der Waals surface area contributed by atoms with Crippen molar-refractivity contribution in [3.63, 3.8) is 0 Å². The maximum atomic E-state index is 13.5. The van der Waals surface area contributed by atoms with Gasteiger partial charge in [0.2, 0.25) is 5.71 Å². The molecule has 10 nitrogen and oxygen atoms in total. The third-order valence-corrected chi connectivity index (χ3v) is 5.38. The molecule has 1 fully saturated rings. The average molecular weight is 470 g/mol. The number of nitrogens with zero attached hydrogens (tertiary/aromatic N) is 2. The molecule has 0 atom stereocenters. The molecule has 4 rings (SSSR count). The number of fused-ring (bicyclic) bond motifs is 1. The minimum absolute atomic E-state index is 0.0117. The Bertz CT molecular complexity index is 1340. The van der Waals surface area contributed by atoms with Crippen molar-refractivity contribution in [2.45, 2.75) is 45.1 Å². The zero-order chi connectivity index (χ0) is 24.1. The molecule has 0 bridgehead atoms. The first-order chi connectivity index (χ1) is 16.4. The van der Waals surface area contributed by atoms with E-state index in [9.17, 15) is 18.8 Å². The summed E-state index contributed by atoms with van der Waals surface area (Å²) in [6.45, 7) is 2.05. The quantitative estimate of drug-likeness (QED) is 0.529. The summed E-state index contributed by atoms with van der Waals surface area (Å²) in [4.78, 5) is 48.2. The summed E-state index contributed by atoms with van der Waals surface area (Å²) in [7, 11) is 0. The average Bonchev–Trinajstić information content (AvgIpc) is 2.78. The minimum atomic E-state index is -0.693. The summed E-state index contributed by atoms with van der Waals surface area (Å²) < 4.78 is 23.5. The number of alkyl carbamates (subject to hydrolysis) is 1.